The van der Waals surface area contributed by atoms with Crippen molar-refractivity contribution in [2.75, 3.05) is 9.80 Å². The van der Waals surface area contributed by atoms with Gasteiger partial charge in [0.05, 0.1) is 11.2 Å². The highest BCUT2D eigenvalue weighted by Gasteiger charge is 2.47. The molecular weight excluding hydrogens is 864 g/mol. The molecule has 0 radical (unpaired) electrons. The zero-order valence-corrected chi connectivity index (χ0v) is 44.1. The molecule has 0 saturated heterocycles. The van der Waals surface area contributed by atoms with Gasteiger partial charge in [0.1, 0.15) is 7.85 Å². The van der Waals surface area contributed by atoms with Crippen LogP contribution in [-0.4, -0.2) is 19.1 Å². The lowest BCUT2D eigenvalue weighted by Crippen LogP contribution is -2.63. The van der Waals surface area contributed by atoms with E-state index in [9.17, 15) is 0 Å². The highest BCUT2D eigenvalue weighted by Crippen LogP contribution is 2.51. The Balaban J connectivity index is 1.26. The van der Waals surface area contributed by atoms with Crippen molar-refractivity contribution in [1.82, 2.24) is 4.57 Å². The smallest absolute Gasteiger partial charge is 0.273 e. The predicted octanol–water partition coefficient (Wildman–Crippen LogP) is 14.7. The molecule has 0 unspecified atom stereocenters. The highest BCUT2D eigenvalue weighted by molar-refractivity contribution is 7.27. The first-order valence-corrected chi connectivity index (χ1v) is 26.1. The number of thiophene rings is 1. The molecule has 0 saturated carbocycles. The summed E-state index contributed by atoms with van der Waals surface area (Å²) >= 11 is 1.95. The van der Waals surface area contributed by atoms with Crippen molar-refractivity contribution in [2.24, 2.45) is 0 Å². The van der Waals surface area contributed by atoms with E-state index >= 15 is 0 Å². The van der Waals surface area contributed by atoms with Gasteiger partial charge in [-0.3, -0.25) is 0 Å². The van der Waals surface area contributed by atoms with Crippen molar-refractivity contribution >= 4 is 124 Å². The van der Waals surface area contributed by atoms with E-state index in [1.165, 1.54) is 126 Å². The standard InChI is InChI=1S/C64H63B2N3S/c1-61(2,3)40-17-24-45(25-18-40)67-51-31-23-43(64(10,11)12)35-50(51)66-57-53(67)36-44(65)37-54(57)68(46-26-19-41(20-27-46)62(4,5)6)58-56-52(69(60(58)66)47-28-21-42(22-29-47)63(7,8)9)32-30-48-49-33-38-15-13-14-16-39(38)34-55(49)70-59(48)56/h13-37H,65H2,1-12H3. The van der Waals surface area contributed by atoms with Gasteiger partial charge >= 0.3 is 0 Å². The lowest BCUT2D eigenvalue weighted by atomic mass is 9.34. The molecule has 346 valence electrons. The minimum atomic E-state index is -0.0881. The third-order valence-corrected chi connectivity index (χ3v) is 16.6. The van der Waals surface area contributed by atoms with Crippen LogP contribution in [0.2, 0.25) is 0 Å². The molecule has 0 amide bonds. The summed E-state index contributed by atoms with van der Waals surface area (Å²) in [5, 5.41) is 6.48. The van der Waals surface area contributed by atoms with E-state index in [-0.39, 0.29) is 28.4 Å². The average Bonchev–Trinajstić information content (AvgIpc) is 3.85. The number of anilines is 6. The predicted molar refractivity (Wildman–Crippen MR) is 311 cm³/mol. The molecule has 8 aromatic carbocycles. The van der Waals surface area contributed by atoms with Gasteiger partial charge in [0.2, 0.25) is 0 Å². The molecule has 12 rings (SSSR count). The molecule has 2 aliphatic heterocycles. The number of aromatic nitrogens is 1. The minimum absolute atomic E-state index is 0.0126. The Kier molecular flexibility index (Phi) is 9.74. The topological polar surface area (TPSA) is 11.4 Å². The van der Waals surface area contributed by atoms with Crippen molar-refractivity contribution in [3.05, 3.63) is 174 Å². The number of nitrogens with zero attached hydrogens (tertiary/aromatic N) is 3. The van der Waals surface area contributed by atoms with Crippen LogP contribution in [0.4, 0.5) is 34.1 Å². The van der Waals surface area contributed by atoms with Crippen molar-refractivity contribution in [3.8, 4) is 5.69 Å². The van der Waals surface area contributed by atoms with E-state index in [1.807, 2.05) is 11.3 Å². The Morgan fingerprint density at radius 2 is 0.957 bits per heavy atom. The molecule has 0 N–H and O–H groups in total. The summed E-state index contributed by atoms with van der Waals surface area (Å²) in [5.74, 6) is 0. The first-order chi connectivity index (χ1) is 33.1. The van der Waals surface area contributed by atoms with Crippen molar-refractivity contribution in [1.29, 1.82) is 0 Å². The maximum Gasteiger partial charge on any atom is 0.273 e. The van der Waals surface area contributed by atoms with Gasteiger partial charge in [0.15, 0.2) is 0 Å². The molecule has 0 aliphatic carbocycles. The van der Waals surface area contributed by atoms with Gasteiger partial charge < -0.3 is 14.4 Å². The molecule has 3 nitrogen and oxygen atoms in total. The van der Waals surface area contributed by atoms with Crippen LogP contribution >= 0.6 is 11.3 Å². The summed E-state index contributed by atoms with van der Waals surface area (Å²) in [6, 6.07) is 59.2. The summed E-state index contributed by atoms with van der Waals surface area (Å²) in [6.45, 7) is 27.8. The van der Waals surface area contributed by atoms with Gasteiger partial charge in [0.25, 0.3) is 6.71 Å². The number of benzene rings is 8. The molecule has 2 aliphatic rings. The summed E-state index contributed by atoms with van der Waals surface area (Å²) in [7, 11) is 2.29. The second-order valence-electron chi connectivity index (χ2n) is 24.4. The Bertz CT molecular complexity index is 3750. The fourth-order valence-electron chi connectivity index (χ4n) is 11.5. The fraction of sp³-hybridized carbons (Fsp3) is 0.250. The zero-order chi connectivity index (χ0) is 49.0. The third kappa shape index (κ3) is 6.91. The van der Waals surface area contributed by atoms with Crippen LogP contribution < -0.4 is 31.8 Å². The van der Waals surface area contributed by atoms with Gasteiger partial charge in [-0.1, -0.05) is 167 Å². The van der Waals surface area contributed by atoms with Gasteiger partial charge in [-0.25, -0.2) is 0 Å². The SMILES string of the molecule is Bc1cc2c3c(c1)N(c1ccc(C(C)(C)C)cc1)c1c(n(-c4ccc(C(C)(C)C)cc4)c4ccc5c6cc7ccccc7cc6sc5c14)B3c1cc(C(C)(C)C)ccc1N2c1ccc(C(C)(C)C)cc1. The first-order valence-electron chi connectivity index (χ1n) is 25.3. The van der Waals surface area contributed by atoms with Crippen LogP contribution in [0.3, 0.4) is 0 Å². The van der Waals surface area contributed by atoms with E-state index in [0.29, 0.717) is 0 Å². The third-order valence-electron chi connectivity index (χ3n) is 15.4. The summed E-state index contributed by atoms with van der Waals surface area (Å²) < 4.78 is 5.31. The molecule has 0 fully saturated rings. The molecule has 2 aromatic heterocycles. The fourth-order valence-corrected chi connectivity index (χ4v) is 12.8. The van der Waals surface area contributed by atoms with Crippen LogP contribution in [0.1, 0.15) is 105 Å². The van der Waals surface area contributed by atoms with Crippen molar-refractivity contribution in [2.45, 2.75) is 105 Å². The quantitative estimate of drug-likeness (QED) is 0.164. The normalized spacial score (nSPS) is 14.0. The number of hydrogen-bond donors (Lipinski definition) is 0. The second-order valence-corrected chi connectivity index (χ2v) is 25.5. The molecule has 10 aromatic rings. The van der Waals surface area contributed by atoms with Crippen LogP contribution in [-0.2, 0) is 21.7 Å². The molecule has 0 bridgehead atoms. The van der Waals surface area contributed by atoms with E-state index < -0.39 is 0 Å². The number of rotatable bonds is 3. The molecule has 4 heterocycles. The number of fused-ring (bicyclic) bond motifs is 11. The van der Waals surface area contributed by atoms with Gasteiger partial charge in [0, 0.05) is 65.3 Å². The Morgan fingerprint density at radius 3 is 1.51 bits per heavy atom. The van der Waals surface area contributed by atoms with Gasteiger partial charge in [-0.2, -0.15) is 0 Å². The molecule has 0 spiro atoms. The minimum Gasteiger partial charge on any atom is -0.319 e. The van der Waals surface area contributed by atoms with Crippen molar-refractivity contribution in [3.63, 3.8) is 0 Å². The molecule has 6 heteroatoms. The molecular formula is C64H63B2N3S. The largest absolute Gasteiger partial charge is 0.319 e. The lowest BCUT2D eigenvalue weighted by molar-refractivity contribution is 0.590. The van der Waals surface area contributed by atoms with E-state index in [2.05, 4.69) is 257 Å². The van der Waals surface area contributed by atoms with Crippen LogP contribution in [0.5, 0.6) is 0 Å². The first kappa shape index (κ1) is 44.7. The monoisotopic (exact) mass is 927 g/mol. The Hall–Kier alpha value is -6.49. The molecule has 0 atom stereocenters. The summed E-state index contributed by atoms with van der Waals surface area (Å²) in [4.78, 5) is 5.23. The Labute approximate surface area is 420 Å². The summed E-state index contributed by atoms with van der Waals surface area (Å²) in [5.41, 5.74) is 20.3. The van der Waals surface area contributed by atoms with Crippen LogP contribution in [0.25, 0.3) is 47.5 Å². The van der Waals surface area contributed by atoms with Gasteiger partial charge in [-0.05, 0) is 138 Å². The Morgan fingerprint density at radius 1 is 0.457 bits per heavy atom. The van der Waals surface area contributed by atoms with E-state index in [0.717, 1.165) is 0 Å². The van der Waals surface area contributed by atoms with E-state index in [4.69, 9.17) is 0 Å². The second kappa shape index (κ2) is 15.3. The van der Waals surface area contributed by atoms with Crippen LogP contribution in [0, 0.1) is 0 Å². The maximum absolute atomic E-state index is 2.66. The molecule has 70 heavy (non-hydrogen) atoms. The lowest BCUT2D eigenvalue weighted by Gasteiger charge is -2.44. The summed E-state index contributed by atoms with van der Waals surface area (Å²) in [6.07, 6.45) is 0. The average molecular weight is 928 g/mol. The highest BCUT2D eigenvalue weighted by atomic mass is 32.1. The van der Waals surface area contributed by atoms with Crippen molar-refractivity contribution < 1.29 is 0 Å². The zero-order valence-electron chi connectivity index (χ0n) is 43.3. The van der Waals surface area contributed by atoms with E-state index in [1.54, 1.807) is 0 Å². The van der Waals surface area contributed by atoms with Crippen LogP contribution in [0.15, 0.2) is 152 Å². The number of hydrogen-bond acceptors (Lipinski definition) is 3. The van der Waals surface area contributed by atoms with Gasteiger partial charge in [-0.15, -0.1) is 11.3 Å². The maximum atomic E-state index is 2.66.